The second kappa shape index (κ2) is 6.04. The lowest BCUT2D eigenvalue weighted by Crippen LogP contribution is -2.02. The Hall–Kier alpha value is -1.54. The van der Waals surface area contributed by atoms with Crippen LogP contribution in [0.15, 0.2) is 49.6 Å². The van der Waals surface area contributed by atoms with Crippen LogP contribution in [0, 0.1) is 0 Å². The molecule has 0 aliphatic carbocycles. The van der Waals surface area contributed by atoms with Crippen LogP contribution >= 0.6 is 0 Å². The first-order valence-corrected chi connectivity index (χ1v) is 4.81. The monoisotopic (exact) mass is 204 g/mol. The van der Waals surface area contributed by atoms with E-state index in [4.69, 9.17) is 9.47 Å². The summed E-state index contributed by atoms with van der Waals surface area (Å²) in [5.74, 6) is 0.809. The zero-order chi connectivity index (χ0) is 11.1. The molecule has 1 rings (SSSR count). The molecule has 1 aromatic rings. The minimum absolute atomic E-state index is 0.133. The van der Waals surface area contributed by atoms with E-state index in [1.165, 1.54) is 0 Å². The molecule has 0 aliphatic rings. The van der Waals surface area contributed by atoms with E-state index < -0.39 is 0 Å². The van der Waals surface area contributed by atoms with Crippen molar-refractivity contribution in [3.63, 3.8) is 0 Å². The average molecular weight is 204 g/mol. The third-order valence-electron chi connectivity index (χ3n) is 2.05. The van der Waals surface area contributed by atoms with Gasteiger partial charge in [0, 0.05) is 12.7 Å². The average Bonchev–Trinajstić information content (AvgIpc) is 2.29. The van der Waals surface area contributed by atoms with Crippen molar-refractivity contribution in [2.75, 3.05) is 13.7 Å². The number of methoxy groups -OCH3 is 1. The fourth-order valence-electron chi connectivity index (χ4n) is 1.35. The Morgan fingerprint density at radius 1 is 1.33 bits per heavy atom. The summed E-state index contributed by atoms with van der Waals surface area (Å²) in [7, 11) is 1.65. The molecule has 0 bridgehead atoms. The highest BCUT2D eigenvalue weighted by Crippen LogP contribution is 2.27. The van der Waals surface area contributed by atoms with E-state index in [0.29, 0.717) is 6.61 Å². The van der Waals surface area contributed by atoms with Crippen LogP contribution in [-0.4, -0.2) is 13.7 Å². The zero-order valence-corrected chi connectivity index (χ0v) is 8.98. The van der Waals surface area contributed by atoms with Gasteiger partial charge in [0.2, 0.25) is 0 Å². The molecular formula is C13H16O2. The quantitative estimate of drug-likeness (QED) is 0.663. The highest BCUT2D eigenvalue weighted by atomic mass is 16.5. The molecular weight excluding hydrogens is 188 g/mol. The van der Waals surface area contributed by atoms with E-state index in [2.05, 4.69) is 13.2 Å². The molecule has 0 spiro atoms. The number of hydrogen-bond acceptors (Lipinski definition) is 2. The minimum atomic E-state index is -0.133. The number of rotatable bonds is 6. The Kier molecular flexibility index (Phi) is 4.64. The summed E-state index contributed by atoms with van der Waals surface area (Å²) in [5, 5.41) is 0. The third-order valence-corrected chi connectivity index (χ3v) is 2.05. The van der Waals surface area contributed by atoms with E-state index in [0.717, 1.165) is 11.3 Å². The Labute approximate surface area is 90.8 Å². The largest absolute Gasteiger partial charge is 0.489 e. The maximum atomic E-state index is 5.53. The molecule has 1 atom stereocenters. The van der Waals surface area contributed by atoms with Gasteiger partial charge in [0.05, 0.1) is 0 Å². The molecule has 0 aliphatic heterocycles. The Bertz CT molecular complexity index is 331. The molecule has 0 radical (unpaired) electrons. The van der Waals surface area contributed by atoms with Gasteiger partial charge in [-0.2, -0.15) is 0 Å². The lowest BCUT2D eigenvalue weighted by molar-refractivity contribution is 0.139. The van der Waals surface area contributed by atoms with Crippen molar-refractivity contribution in [1.82, 2.24) is 0 Å². The highest BCUT2D eigenvalue weighted by Gasteiger charge is 2.11. The Morgan fingerprint density at radius 3 is 2.67 bits per heavy atom. The molecule has 0 saturated carbocycles. The standard InChI is InChI=1S/C13H16O2/c1-4-10-15-13-9-7-6-8-11(13)12(5-2)14-3/h4-9,12H,1-2,10H2,3H3. The lowest BCUT2D eigenvalue weighted by atomic mass is 10.1. The lowest BCUT2D eigenvalue weighted by Gasteiger charge is -2.15. The molecule has 0 N–H and O–H groups in total. The molecule has 2 heteroatoms. The van der Waals surface area contributed by atoms with Crippen LogP contribution in [0.3, 0.4) is 0 Å². The van der Waals surface area contributed by atoms with E-state index in [1.54, 1.807) is 19.3 Å². The van der Waals surface area contributed by atoms with Crippen LogP contribution in [0.2, 0.25) is 0 Å². The van der Waals surface area contributed by atoms with E-state index in [9.17, 15) is 0 Å². The molecule has 15 heavy (non-hydrogen) atoms. The molecule has 1 aromatic carbocycles. The summed E-state index contributed by atoms with van der Waals surface area (Å²) in [6.45, 7) is 7.83. The maximum Gasteiger partial charge on any atom is 0.125 e. The minimum Gasteiger partial charge on any atom is -0.489 e. The van der Waals surface area contributed by atoms with Gasteiger partial charge < -0.3 is 9.47 Å². The van der Waals surface area contributed by atoms with Crippen molar-refractivity contribution in [1.29, 1.82) is 0 Å². The van der Waals surface area contributed by atoms with E-state index in [-0.39, 0.29) is 6.10 Å². The van der Waals surface area contributed by atoms with Gasteiger partial charge in [-0.3, -0.25) is 0 Å². The molecule has 80 valence electrons. The molecule has 0 amide bonds. The van der Waals surface area contributed by atoms with Crippen LogP contribution in [0.25, 0.3) is 0 Å². The predicted octanol–water partition coefficient (Wildman–Crippen LogP) is 3.12. The summed E-state index contributed by atoms with van der Waals surface area (Å²) < 4.78 is 10.8. The first kappa shape index (κ1) is 11.5. The van der Waals surface area contributed by atoms with Crippen LogP contribution in [0.1, 0.15) is 11.7 Å². The van der Waals surface area contributed by atoms with Gasteiger partial charge in [-0.15, -0.1) is 6.58 Å². The summed E-state index contributed by atoms with van der Waals surface area (Å²) in [5.41, 5.74) is 0.983. The first-order valence-electron chi connectivity index (χ1n) is 4.81. The van der Waals surface area contributed by atoms with Crippen molar-refractivity contribution in [3.8, 4) is 5.75 Å². The molecule has 0 saturated heterocycles. The molecule has 0 aromatic heterocycles. The number of para-hydroxylation sites is 1. The third kappa shape index (κ3) is 2.96. The van der Waals surface area contributed by atoms with Crippen LogP contribution in [-0.2, 0) is 4.74 Å². The maximum absolute atomic E-state index is 5.53. The van der Waals surface area contributed by atoms with Gasteiger partial charge in [0.15, 0.2) is 0 Å². The Balaban J connectivity index is 2.93. The van der Waals surface area contributed by atoms with Gasteiger partial charge in [-0.25, -0.2) is 0 Å². The van der Waals surface area contributed by atoms with E-state index in [1.807, 2.05) is 24.3 Å². The van der Waals surface area contributed by atoms with Gasteiger partial charge >= 0.3 is 0 Å². The van der Waals surface area contributed by atoms with Crippen LogP contribution in [0.5, 0.6) is 5.75 Å². The number of ether oxygens (including phenoxy) is 2. The SMILES string of the molecule is C=CCOc1ccccc1C(C=C)OC. The van der Waals surface area contributed by atoms with Crippen LogP contribution < -0.4 is 4.74 Å². The second-order valence-corrected chi connectivity index (χ2v) is 3.03. The number of benzene rings is 1. The molecule has 0 fully saturated rings. The second-order valence-electron chi connectivity index (χ2n) is 3.03. The molecule has 1 unspecified atom stereocenters. The van der Waals surface area contributed by atoms with Crippen molar-refractivity contribution in [3.05, 3.63) is 55.1 Å². The Morgan fingerprint density at radius 2 is 2.07 bits per heavy atom. The van der Waals surface area contributed by atoms with Crippen LogP contribution in [0.4, 0.5) is 0 Å². The number of hydrogen-bond donors (Lipinski definition) is 0. The summed E-state index contributed by atoms with van der Waals surface area (Å²) in [6.07, 6.45) is 3.33. The van der Waals surface area contributed by atoms with Crippen molar-refractivity contribution in [2.24, 2.45) is 0 Å². The zero-order valence-electron chi connectivity index (χ0n) is 8.98. The van der Waals surface area contributed by atoms with Crippen molar-refractivity contribution < 1.29 is 9.47 Å². The summed E-state index contributed by atoms with van der Waals surface area (Å²) in [6, 6.07) is 7.76. The smallest absolute Gasteiger partial charge is 0.125 e. The first-order chi connectivity index (χ1) is 7.33. The van der Waals surface area contributed by atoms with Crippen molar-refractivity contribution in [2.45, 2.75) is 6.10 Å². The van der Waals surface area contributed by atoms with Gasteiger partial charge in [0.1, 0.15) is 18.5 Å². The van der Waals surface area contributed by atoms with Crippen molar-refractivity contribution >= 4 is 0 Å². The predicted molar refractivity (Wildman–Crippen MR) is 62.1 cm³/mol. The summed E-state index contributed by atoms with van der Waals surface area (Å²) in [4.78, 5) is 0. The van der Waals surface area contributed by atoms with Gasteiger partial charge in [-0.05, 0) is 6.07 Å². The molecule has 2 nitrogen and oxygen atoms in total. The van der Waals surface area contributed by atoms with Gasteiger partial charge in [0.25, 0.3) is 0 Å². The highest BCUT2D eigenvalue weighted by molar-refractivity contribution is 5.37. The topological polar surface area (TPSA) is 18.5 Å². The van der Waals surface area contributed by atoms with Gasteiger partial charge in [-0.1, -0.05) is 36.9 Å². The normalized spacial score (nSPS) is 11.8. The summed E-state index contributed by atoms with van der Waals surface area (Å²) >= 11 is 0. The fraction of sp³-hybridized carbons (Fsp3) is 0.231. The molecule has 0 heterocycles. The van der Waals surface area contributed by atoms with E-state index >= 15 is 0 Å². The fourth-order valence-corrected chi connectivity index (χ4v) is 1.35.